The second-order valence-electron chi connectivity index (χ2n) is 5.90. The number of likely N-dealkylation sites (tertiary alicyclic amines) is 1. The summed E-state index contributed by atoms with van der Waals surface area (Å²) in [6.07, 6.45) is 3.41. The quantitative estimate of drug-likeness (QED) is 0.736. The highest BCUT2D eigenvalue weighted by atomic mass is 35.5. The summed E-state index contributed by atoms with van der Waals surface area (Å²) >= 11 is 12.0. The lowest BCUT2D eigenvalue weighted by Crippen LogP contribution is -2.30. The topological polar surface area (TPSA) is 25.4 Å². The first kappa shape index (κ1) is 16.6. The van der Waals surface area contributed by atoms with Gasteiger partial charge in [0.1, 0.15) is 16.1 Å². The first-order valence-electron chi connectivity index (χ1n) is 7.83. The van der Waals surface area contributed by atoms with Gasteiger partial charge >= 0.3 is 0 Å². The van der Waals surface area contributed by atoms with Gasteiger partial charge in [0.05, 0.1) is 7.11 Å². The molecule has 23 heavy (non-hydrogen) atoms. The van der Waals surface area contributed by atoms with Crippen molar-refractivity contribution < 1.29 is 4.74 Å². The van der Waals surface area contributed by atoms with Crippen LogP contribution < -0.4 is 4.74 Å². The van der Waals surface area contributed by atoms with Gasteiger partial charge in [-0.25, -0.2) is 4.98 Å². The molecule has 0 unspecified atom stereocenters. The largest absolute Gasteiger partial charge is 0.496 e. The summed E-state index contributed by atoms with van der Waals surface area (Å²) in [6, 6.07) is 12.6. The maximum Gasteiger partial charge on any atom is 0.131 e. The Balaban J connectivity index is 1.72. The van der Waals surface area contributed by atoms with Crippen LogP contribution in [-0.4, -0.2) is 29.6 Å². The van der Waals surface area contributed by atoms with Gasteiger partial charge in [-0.3, -0.25) is 4.90 Å². The van der Waals surface area contributed by atoms with E-state index in [0.717, 1.165) is 30.8 Å². The molecule has 0 aliphatic carbocycles. The molecule has 0 saturated carbocycles. The highest BCUT2D eigenvalue weighted by Crippen LogP contribution is 2.28. The third kappa shape index (κ3) is 4.17. The zero-order chi connectivity index (χ0) is 16.2. The van der Waals surface area contributed by atoms with Crippen LogP contribution in [0.15, 0.2) is 36.4 Å². The van der Waals surface area contributed by atoms with Crippen molar-refractivity contribution in [2.24, 2.45) is 0 Å². The van der Waals surface area contributed by atoms with E-state index in [0.29, 0.717) is 16.3 Å². The maximum atomic E-state index is 6.01. The number of aromatic nitrogens is 1. The minimum atomic E-state index is 0.452. The number of rotatable bonds is 5. The molecule has 0 bridgehead atoms. The van der Waals surface area contributed by atoms with Gasteiger partial charge in [0.25, 0.3) is 0 Å². The lowest BCUT2D eigenvalue weighted by molar-refractivity contribution is 0.242. The number of halogens is 2. The normalized spacial score (nSPS) is 18.3. The van der Waals surface area contributed by atoms with Crippen molar-refractivity contribution in [3.63, 3.8) is 0 Å². The molecule has 0 amide bonds. The zero-order valence-electron chi connectivity index (χ0n) is 13.1. The van der Waals surface area contributed by atoms with Crippen LogP contribution in [0.1, 0.15) is 24.0 Å². The molecule has 0 N–H and O–H groups in total. The third-order valence-corrected chi connectivity index (χ3v) is 4.74. The van der Waals surface area contributed by atoms with Gasteiger partial charge in [0, 0.05) is 12.6 Å². The number of ether oxygens (including phenoxy) is 1. The van der Waals surface area contributed by atoms with E-state index < -0.39 is 0 Å². The number of methoxy groups -OCH3 is 1. The summed E-state index contributed by atoms with van der Waals surface area (Å²) in [5.41, 5.74) is 2.37. The molecule has 1 aliphatic rings. The Bertz CT molecular complexity index is 658. The number of para-hydroxylation sites is 1. The van der Waals surface area contributed by atoms with Gasteiger partial charge in [0.15, 0.2) is 0 Å². The van der Waals surface area contributed by atoms with Crippen molar-refractivity contribution in [2.45, 2.75) is 31.8 Å². The Morgan fingerprint density at radius 2 is 1.96 bits per heavy atom. The molecule has 5 heteroatoms. The average Bonchev–Trinajstić information content (AvgIpc) is 2.94. The summed E-state index contributed by atoms with van der Waals surface area (Å²) in [4.78, 5) is 6.51. The van der Waals surface area contributed by atoms with E-state index in [4.69, 9.17) is 27.9 Å². The van der Waals surface area contributed by atoms with Crippen molar-refractivity contribution >= 4 is 23.2 Å². The predicted molar refractivity (Wildman–Crippen MR) is 94.4 cm³/mol. The van der Waals surface area contributed by atoms with Gasteiger partial charge in [-0.2, -0.15) is 0 Å². The van der Waals surface area contributed by atoms with Crippen LogP contribution in [0.2, 0.25) is 10.3 Å². The van der Waals surface area contributed by atoms with Crippen molar-refractivity contribution in [1.82, 2.24) is 9.88 Å². The maximum absolute atomic E-state index is 6.01. The molecule has 1 atom stereocenters. The second kappa shape index (κ2) is 7.52. The fraction of sp³-hybridized carbons (Fsp3) is 0.389. The molecule has 0 radical (unpaired) electrons. The summed E-state index contributed by atoms with van der Waals surface area (Å²) < 4.78 is 5.48. The van der Waals surface area contributed by atoms with E-state index in [9.17, 15) is 0 Å². The number of pyridine rings is 1. The summed E-state index contributed by atoms with van der Waals surface area (Å²) in [7, 11) is 1.73. The lowest BCUT2D eigenvalue weighted by atomic mass is 10.0. The molecule has 2 heterocycles. The van der Waals surface area contributed by atoms with Crippen molar-refractivity contribution in [1.29, 1.82) is 0 Å². The molecule has 1 aromatic heterocycles. The van der Waals surface area contributed by atoms with Crippen LogP contribution in [0.5, 0.6) is 5.75 Å². The highest BCUT2D eigenvalue weighted by molar-refractivity contribution is 6.32. The Morgan fingerprint density at radius 1 is 1.22 bits per heavy atom. The molecular formula is C18H20Cl2N2O. The Kier molecular flexibility index (Phi) is 5.42. The average molecular weight is 351 g/mol. The number of benzene rings is 1. The number of hydrogen-bond donors (Lipinski definition) is 0. The van der Waals surface area contributed by atoms with E-state index in [1.165, 1.54) is 18.4 Å². The van der Waals surface area contributed by atoms with E-state index >= 15 is 0 Å². The number of nitrogens with zero attached hydrogens (tertiary/aromatic N) is 2. The summed E-state index contributed by atoms with van der Waals surface area (Å²) in [5, 5.41) is 0.904. The Morgan fingerprint density at radius 3 is 2.70 bits per heavy atom. The van der Waals surface area contributed by atoms with E-state index in [1.807, 2.05) is 24.3 Å². The molecule has 1 fully saturated rings. The third-order valence-electron chi connectivity index (χ3n) is 4.36. The SMILES string of the molecule is COc1ccccc1C[C@H]1CCCN1Cc1cc(Cl)nc(Cl)c1. The van der Waals surface area contributed by atoms with Gasteiger partial charge in [-0.1, -0.05) is 41.4 Å². The molecule has 2 aromatic rings. The minimum absolute atomic E-state index is 0.452. The molecule has 3 nitrogen and oxygen atoms in total. The fourth-order valence-corrected chi connectivity index (χ4v) is 3.81. The Hall–Kier alpha value is -1.29. The zero-order valence-corrected chi connectivity index (χ0v) is 14.6. The van der Waals surface area contributed by atoms with Crippen LogP contribution in [-0.2, 0) is 13.0 Å². The van der Waals surface area contributed by atoms with Gasteiger partial charge in [-0.15, -0.1) is 0 Å². The van der Waals surface area contributed by atoms with Gasteiger partial charge < -0.3 is 4.74 Å². The van der Waals surface area contributed by atoms with Crippen LogP contribution in [0.3, 0.4) is 0 Å². The van der Waals surface area contributed by atoms with Crippen molar-refractivity contribution in [3.05, 3.63) is 57.8 Å². The van der Waals surface area contributed by atoms with Gasteiger partial charge in [-0.05, 0) is 55.1 Å². The van der Waals surface area contributed by atoms with E-state index in [2.05, 4.69) is 22.0 Å². The molecule has 3 rings (SSSR count). The van der Waals surface area contributed by atoms with E-state index in [1.54, 1.807) is 7.11 Å². The van der Waals surface area contributed by atoms with Crippen LogP contribution in [0.4, 0.5) is 0 Å². The lowest BCUT2D eigenvalue weighted by Gasteiger charge is -2.25. The first-order chi connectivity index (χ1) is 11.2. The van der Waals surface area contributed by atoms with Crippen molar-refractivity contribution in [2.75, 3.05) is 13.7 Å². The second-order valence-corrected chi connectivity index (χ2v) is 6.68. The molecule has 0 spiro atoms. The summed E-state index contributed by atoms with van der Waals surface area (Å²) in [6.45, 7) is 1.94. The smallest absolute Gasteiger partial charge is 0.131 e. The van der Waals surface area contributed by atoms with Gasteiger partial charge in [0.2, 0.25) is 0 Å². The van der Waals surface area contributed by atoms with Crippen LogP contribution in [0.25, 0.3) is 0 Å². The van der Waals surface area contributed by atoms with Crippen molar-refractivity contribution in [3.8, 4) is 5.75 Å². The molecule has 1 aliphatic heterocycles. The molecule has 122 valence electrons. The predicted octanol–water partition coefficient (Wildman–Crippen LogP) is 4.60. The highest BCUT2D eigenvalue weighted by Gasteiger charge is 2.25. The minimum Gasteiger partial charge on any atom is -0.496 e. The number of hydrogen-bond acceptors (Lipinski definition) is 3. The molecule has 1 saturated heterocycles. The Labute approximate surface area is 147 Å². The fourth-order valence-electron chi connectivity index (χ4n) is 3.30. The standard InChI is InChI=1S/C18H20Cl2N2O/c1-23-16-7-3-2-5-14(16)11-15-6-4-8-22(15)12-13-9-17(19)21-18(20)10-13/h2-3,5,7,9-10,15H,4,6,8,11-12H2,1H3/t15-/m1/s1. The molecular weight excluding hydrogens is 331 g/mol. The summed E-state index contributed by atoms with van der Waals surface area (Å²) in [5.74, 6) is 0.967. The van der Waals surface area contributed by atoms with Crippen LogP contribution in [0, 0.1) is 0 Å². The van der Waals surface area contributed by atoms with Crippen LogP contribution >= 0.6 is 23.2 Å². The molecule has 1 aromatic carbocycles. The monoisotopic (exact) mass is 350 g/mol. The first-order valence-corrected chi connectivity index (χ1v) is 8.59. The van der Waals surface area contributed by atoms with E-state index in [-0.39, 0.29) is 0 Å².